The summed E-state index contributed by atoms with van der Waals surface area (Å²) in [5.41, 5.74) is 0.199. The zero-order valence-electron chi connectivity index (χ0n) is 10.4. The Hall–Kier alpha value is -1.91. The molecular weight excluding hydrogens is 252 g/mol. The summed E-state index contributed by atoms with van der Waals surface area (Å²) in [6.45, 7) is 1.30. The van der Waals surface area contributed by atoms with Crippen molar-refractivity contribution in [2.24, 2.45) is 0 Å². The molecule has 1 heterocycles. The molecule has 2 rings (SSSR count). The van der Waals surface area contributed by atoms with Crippen molar-refractivity contribution < 1.29 is 18.7 Å². The van der Waals surface area contributed by atoms with Gasteiger partial charge in [-0.1, -0.05) is 0 Å². The van der Waals surface area contributed by atoms with Crippen LogP contribution in [0.25, 0.3) is 6.08 Å². The number of carboxylic acid groups (broad SMARTS) is 1. The molecule has 1 saturated heterocycles. The third-order valence-electron chi connectivity index (χ3n) is 3.13. The van der Waals surface area contributed by atoms with Gasteiger partial charge in [0.2, 0.25) is 0 Å². The number of carbonyl (C=O) groups is 1. The zero-order chi connectivity index (χ0) is 13.8. The van der Waals surface area contributed by atoms with E-state index < -0.39 is 17.6 Å². The summed E-state index contributed by atoms with van der Waals surface area (Å²) in [6.07, 6.45) is 4.97. The SMILES string of the molecule is O=C(O)/C=C/c1cc(F)c(N2CCCCC2)c(F)c1. The summed E-state index contributed by atoms with van der Waals surface area (Å²) in [5, 5.41) is 8.49. The minimum atomic E-state index is -1.15. The Labute approximate surface area is 110 Å². The van der Waals surface area contributed by atoms with Crippen LogP contribution in [-0.2, 0) is 4.79 Å². The van der Waals surface area contributed by atoms with E-state index in [4.69, 9.17) is 5.11 Å². The lowest BCUT2D eigenvalue weighted by molar-refractivity contribution is -0.131. The van der Waals surface area contributed by atoms with Crippen molar-refractivity contribution in [1.82, 2.24) is 0 Å². The number of halogens is 2. The van der Waals surface area contributed by atoms with Gasteiger partial charge >= 0.3 is 5.97 Å². The first-order valence-electron chi connectivity index (χ1n) is 6.23. The van der Waals surface area contributed by atoms with Gasteiger partial charge < -0.3 is 10.0 Å². The Balaban J connectivity index is 2.28. The maximum Gasteiger partial charge on any atom is 0.328 e. The van der Waals surface area contributed by atoms with E-state index in [1.807, 2.05) is 0 Å². The maximum atomic E-state index is 14.0. The van der Waals surface area contributed by atoms with Crippen LogP contribution in [0.1, 0.15) is 24.8 Å². The molecule has 0 aromatic heterocycles. The molecule has 1 aromatic carbocycles. The number of rotatable bonds is 3. The molecule has 102 valence electrons. The van der Waals surface area contributed by atoms with Gasteiger partial charge in [-0.3, -0.25) is 0 Å². The number of benzene rings is 1. The lowest BCUT2D eigenvalue weighted by atomic mass is 10.1. The quantitative estimate of drug-likeness (QED) is 0.856. The largest absolute Gasteiger partial charge is 0.478 e. The van der Waals surface area contributed by atoms with Crippen LogP contribution >= 0.6 is 0 Å². The number of nitrogens with zero attached hydrogens (tertiary/aromatic N) is 1. The third kappa shape index (κ3) is 3.30. The lowest BCUT2D eigenvalue weighted by Crippen LogP contribution is -2.31. The predicted octanol–water partition coefficient (Wildman–Crippen LogP) is 3.05. The second kappa shape index (κ2) is 5.82. The molecule has 3 nitrogen and oxygen atoms in total. The van der Waals surface area contributed by atoms with Crippen molar-refractivity contribution in [1.29, 1.82) is 0 Å². The molecule has 0 bridgehead atoms. The number of anilines is 1. The number of aliphatic carboxylic acids is 1. The van der Waals surface area contributed by atoms with E-state index in [1.165, 1.54) is 6.08 Å². The molecule has 1 aromatic rings. The molecule has 0 atom stereocenters. The van der Waals surface area contributed by atoms with Gasteiger partial charge in [0, 0.05) is 19.2 Å². The molecule has 0 unspecified atom stereocenters. The first kappa shape index (κ1) is 13.5. The fourth-order valence-electron chi connectivity index (χ4n) is 2.27. The second-order valence-electron chi connectivity index (χ2n) is 4.55. The lowest BCUT2D eigenvalue weighted by Gasteiger charge is -2.29. The van der Waals surface area contributed by atoms with Gasteiger partial charge in [0.05, 0.1) is 0 Å². The summed E-state index contributed by atoms with van der Waals surface area (Å²) in [7, 11) is 0. The van der Waals surface area contributed by atoms with E-state index in [1.54, 1.807) is 4.90 Å². The molecule has 1 N–H and O–H groups in total. The standard InChI is InChI=1S/C14H15F2NO2/c15-11-8-10(4-5-13(18)19)9-12(16)14(11)17-6-2-1-3-7-17/h4-5,8-9H,1-3,6-7H2,(H,18,19)/b5-4+. The van der Waals surface area contributed by atoms with Gasteiger partial charge in [0.15, 0.2) is 0 Å². The minimum absolute atomic E-state index is 0.00725. The van der Waals surface area contributed by atoms with Crippen LogP contribution in [0.3, 0.4) is 0 Å². The molecule has 0 amide bonds. The van der Waals surface area contributed by atoms with E-state index in [2.05, 4.69) is 0 Å². The predicted molar refractivity (Wildman–Crippen MR) is 69.1 cm³/mol. The van der Waals surface area contributed by atoms with E-state index in [-0.39, 0.29) is 11.3 Å². The normalized spacial score (nSPS) is 16.0. The molecule has 0 saturated carbocycles. The molecular formula is C14H15F2NO2. The monoisotopic (exact) mass is 267 g/mol. The molecule has 5 heteroatoms. The Morgan fingerprint density at radius 1 is 1.16 bits per heavy atom. The van der Waals surface area contributed by atoms with Gasteiger partial charge in [-0.05, 0) is 43.0 Å². The highest BCUT2D eigenvalue weighted by atomic mass is 19.1. The van der Waals surface area contributed by atoms with Gasteiger partial charge in [-0.25, -0.2) is 13.6 Å². The van der Waals surface area contributed by atoms with E-state index in [0.717, 1.165) is 37.5 Å². The Morgan fingerprint density at radius 3 is 2.26 bits per heavy atom. The first-order chi connectivity index (χ1) is 9.08. The van der Waals surface area contributed by atoms with Crippen LogP contribution < -0.4 is 4.90 Å². The van der Waals surface area contributed by atoms with Crippen LogP contribution in [0.5, 0.6) is 0 Å². The van der Waals surface area contributed by atoms with Crippen molar-refractivity contribution in [3.63, 3.8) is 0 Å². The van der Waals surface area contributed by atoms with Gasteiger partial charge in [0.25, 0.3) is 0 Å². The Morgan fingerprint density at radius 2 is 1.74 bits per heavy atom. The fourth-order valence-corrected chi connectivity index (χ4v) is 2.27. The van der Waals surface area contributed by atoms with Crippen LogP contribution in [0.4, 0.5) is 14.5 Å². The molecule has 1 aliphatic rings. The van der Waals surface area contributed by atoms with Gasteiger partial charge in [-0.2, -0.15) is 0 Å². The zero-order valence-corrected chi connectivity index (χ0v) is 10.4. The van der Waals surface area contributed by atoms with E-state index in [0.29, 0.717) is 13.1 Å². The highest BCUT2D eigenvalue weighted by Crippen LogP contribution is 2.28. The van der Waals surface area contributed by atoms with E-state index in [9.17, 15) is 13.6 Å². The summed E-state index contributed by atoms with van der Waals surface area (Å²) in [6, 6.07) is 2.32. The highest BCUT2D eigenvalue weighted by molar-refractivity contribution is 5.85. The Bertz CT molecular complexity index is 485. The summed E-state index contributed by atoms with van der Waals surface area (Å²) >= 11 is 0. The van der Waals surface area contributed by atoms with Crippen LogP contribution in [0.2, 0.25) is 0 Å². The first-order valence-corrected chi connectivity index (χ1v) is 6.23. The smallest absolute Gasteiger partial charge is 0.328 e. The summed E-state index contributed by atoms with van der Waals surface area (Å²) in [4.78, 5) is 12.1. The second-order valence-corrected chi connectivity index (χ2v) is 4.55. The van der Waals surface area contributed by atoms with E-state index >= 15 is 0 Å². The van der Waals surface area contributed by atoms with Crippen LogP contribution in [0.15, 0.2) is 18.2 Å². The molecule has 19 heavy (non-hydrogen) atoms. The van der Waals surface area contributed by atoms with Crippen molar-refractivity contribution >= 4 is 17.7 Å². The topological polar surface area (TPSA) is 40.5 Å². The number of hydrogen-bond donors (Lipinski definition) is 1. The summed E-state index contributed by atoms with van der Waals surface area (Å²) in [5.74, 6) is -2.44. The van der Waals surface area contributed by atoms with Crippen molar-refractivity contribution in [2.45, 2.75) is 19.3 Å². The van der Waals surface area contributed by atoms with Crippen molar-refractivity contribution in [3.8, 4) is 0 Å². The number of hydrogen-bond acceptors (Lipinski definition) is 2. The van der Waals surface area contributed by atoms with Gasteiger partial charge in [-0.15, -0.1) is 0 Å². The molecule has 0 radical (unpaired) electrons. The molecule has 1 fully saturated rings. The van der Waals surface area contributed by atoms with Gasteiger partial charge in [0.1, 0.15) is 17.3 Å². The molecule has 1 aliphatic heterocycles. The van der Waals surface area contributed by atoms with Crippen LogP contribution in [-0.4, -0.2) is 24.2 Å². The maximum absolute atomic E-state index is 14.0. The Kier molecular flexibility index (Phi) is 4.14. The number of carboxylic acids is 1. The number of piperidine rings is 1. The average molecular weight is 267 g/mol. The fraction of sp³-hybridized carbons (Fsp3) is 0.357. The molecule has 0 aliphatic carbocycles. The van der Waals surface area contributed by atoms with Crippen molar-refractivity contribution in [3.05, 3.63) is 35.4 Å². The van der Waals surface area contributed by atoms with Crippen LogP contribution in [0, 0.1) is 11.6 Å². The highest BCUT2D eigenvalue weighted by Gasteiger charge is 2.19. The van der Waals surface area contributed by atoms with Crippen molar-refractivity contribution in [2.75, 3.05) is 18.0 Å². The molecule has 0 spiro atoms. The third-order valence-corrected chi connectivity index (χ3v) is 3.13. The summed E-state index contributed by atoms with van der Waals surface area (Å²) < 4.78 is 27.9. The average Bonchev–Trinajstić information content (AvgIpc) is 2.37. The minimum Gasteiger partial charge on any atom is -0.478 e.